The first-order valence-corrected chi connectivity index (χ1v) is 13.5. The number of benzene rings is 1. The molecule has 1 N–H and O–H groups in total. The van der Waals surface area contributed by atoms with Gasteiger partial charge in [-0.1, -0.05) is 37.6 Å². The fourth-order valence-electron chi connectivity index (χ4n) is 3.96. The molecule has 2 unspecified atom stereocenters. The van der Waals surface area contributed by atoms with E-state index in [1.807, 2.05) is 19.1 Å². The van der Waals surface area contributed by atoms with Gasteiger partial charge in [0.05, 0.1) is 25.9 Å². The normalized spacial score (nSPS) is 16.3. The third-order valence-electron chi connectivity index (χ3n) is 5.85. The number of carbonyl (C=O) groups excluding carboxylic acids is 3. The molecule has 0 spiro atoms. The Morgan fingerprint density at radius 3 is 2.64 bits per heavy atom. The first kappa shape index (κ1) is 29.6. The molecule has 0 radical (unpaired) electrons. The predicted octanol–water partition coefficient (Wildman–Crippen LogP) is 5.36. The van der Waals surface area contributed by atoms with Crippen LogP contribution in [-0.2, 0) is 30.2 Å². The topological polar surface area (TPSA) is 99.1 Å². The van der Waals surface area contributed by atoms with E-state index in [2.05, 4.69) is 4.74 Å². The lowest BCUT2D eigenvalue weighted by Gasteiger charge is -2.13. The second-order valence-corrected chi connectivity index (χ2v) is 9.88. The van der Waals surface area contributed by atoms with Crippen molar-refractivity contribution in [2.24, 2.45) is 5.92 Å². The number of aliphatic hydroxyl groups is 1. The molecule has 0 aromatic heterocycles. The van der Waals surface area contributed by atoms with Crippen molar-refractivity contribution >= 4 is 29.7 Å². The van der Waals surface area contributed by atoms with Crippen molar-refractivity contribution in [2.45, 2.75) is 70.8 Å². The van der Waals surface area contributed by atoms with Gasteiger partial charge in [-0.15, -0.1) is 11.8 Å². The average molecular weight is 519 g/mol. The van der Waals surface area contributed by atoms with Crippen LogP contribution in [-0.4, -0.2) is 49.1 Å². The predicted molar refractivity (Wildman–Crippen MR) is 140 cm³/mol. The van der Waals surface area contributed by atoms with Gasteiger partial charge < -0.3 is 19.3 Å². The third-order valence-corrected chi connectivity index (χ3v) is 7.19. The first-order valence-electron chi connectivity index (χ1n) is 12.5. The number of aliphatic hydroxyl groups excluding tert-OH is 1. The van der Waals surface area contributed by atoms with Crippen LogP contribution < -0.4 is 0 Å². The maximum absolute atomic E-state index is 12.1. The highest BCUT2D eigenvalue weighted by Crippen LogP contribution is 2.41. The molecule has 1 aliphatic carbocycles. The zero-order valence-corrected chi connectivity index (χ0v) is 22.3. The van der Waals surface area contributed by atoms with Gasteiger partial charge in [-0.05, 0) is 49.1 Å². The van der Waals surface area contributed by atoms with Gasteiger partial charge in [0.15, 0.2) is 0 Å². The monoisotopic (exact) mass is 518 g/mol. The van der Waals surface area contributed by atoms with Crippen molar-refractivity contribution in [3.05, 3.63) is 58.2 Å². The van der Waals surface area contributed by atoms with Crippen LogP contribution in [0.4, 0.5) is 0 Å². The molecule has 2 atom stereocenters. The van der Waals surface area contributed by atoms with E-state index in [0.717, 1.165) is 54.1 Å². The molecule has 0 bridgehead atoms. The van der Waals surface area contributed by atoms with Crippen LogP contribution in [0.3, 0.4) is 0 Å². The molecule has 0 amide bonds. The maximum Gasteiger partial charge on any atom is 0.337 e. The largest absolute Gasteiger partial charge is 0.469 e. The Morgan fingerprint density at radius 1 is 1.11 bits per heavy atom. The number of ether oxygens (including phenoxy) is 3. The zero-order chi connectivity index (χ0) is 26.3. The summed E-state index contributed by atoms with van der Waals surface area (Å²) in [6.45, 7) is 1.95. The molecule has 1 aromatic rings. The standard InChI is InChI=1S/C28H38O7S/c1-4-9-26(31)35-24-16-14-21(27(24)36-17-7-5-6-12-25(30)33-2)13-15-23(29)19-20-10-8-11-22(18-20)28(32)34-3/h8,10-11,13,15,18,21,23,29H,4-7,9,12,14,16-17,19H2,1-3H3/b15-13+. The molecular formula is C28H38O7S. The van der Waals surface area contributed by atoms with Crippen LogP contribution in [0.5, 0.6) is 0 Å². The molecule has 0 heterocycles. The summed E-state index contributed by atoms with van der Waals surface area (Å²) < 4.78 is 15.1. The minimum atomic E-state index is -0.714. The molecule has 0 aliphatic heterocycles. The van der Waals surface area contributed by atoms with E-state index in [1.54, 1.807) is 36.0 Å². The molecule has 0 fully saturated rings. The summed E-state index contributed by atoms with van der Waals surface area (Å²) >= 11 is 1.69. The smallest absolute Gasteiger partial charge is 0.337 e. The Balaban J connectivity index is 1.99. The van der Waals surface area contributed by atoms with E-state index in [0.29, 0.717) is 31.2 Å². The van der Waals surface area contributed by atoms with Crippen LogP contribution in [0, 0.1) is 5.92 Å². The number of carbonyl (C=O) groups is 3. The number of rotatable bonds is 15. The van der Waals surface area contributed by atoms with Crippen molar-refractivity contribution in [1.82, 2.24) is 0 Å². The third kappa shape index (κ3) is 10.2. The van der Waals surface area contributed by atoms with E-state index in [9.17, 15) is 19.5 Å². The lowest BCUT2D eigenvalue weighted by Crippen LogP contribution is -2.09. The van der Waals surface area contributed by atoms with E-state index in [1.165, 1.54) is 14.2 Å². The van der Waals surface area contributed by atoms with Crippen molar-refractivity contribution in [2.75, 3.05) is 20.0 Å². The highest BCUT2D eigenvalue weighted by atomic mass is 32.2. The number of hydrogen-bond acceptors (Lipinski definition) is 8. The van der Waals surface area contributed by atoms with Gasteiger partial charge in [0.1, 0.15) is 5.76 Å². The Hall–Kier alpha value is -2.58. The van der Waals surface area contributed by atoms with Crippen LogP contribution in [0.2, 0.25) is 0 Å². The van der Waals surface area contributed by atoms with E-state index < -0.39 is 12.1 Å². The van der Waals surface area contributed by atoms with Crippen molar-refractivity contribution in [3.8, 4) is 0 Å². The molecular weight excluding hydrogens is 480 g/mol. The summed E-state index contributed by atoms with van der Waals surface area (Å²) in [5.74, 6) is 0.868. The van der Waals surface area contributed by atoms with Crippen LogP contribution >= 0.6 is 11.8 Å². The first-order chi connectivity index (χ1) is 17.4. The number of hydrogen-bond donors (Lipinski definition) is 1. The lowest BCUT2D eigenvalue weighted by atomic mass is 10.0. The fourth-order valence-corrected chi connectivity index (χ4v) is 5.24. The van der Waals surface area contributed by atoms with Crippen LogP contribution in [0.25, 0.3) is 0 Å². The van der Waals surface area contributed by atoms with Crippen molar-refractivity contribution < 1.29 is 33.7 Å². The summed E-state index contributed by atoms with van der Waals surface area (Å²) in [6.07, 6.45) is 9.15. The Kier molecular flexibility index (Phi) is 13.4. The summed E-state index contributed by atoms with van der Waals surface area (Å²) in [4.78, 5) is 36.2. The molecule has 1 aromatic carbocycles. The van der Waals surface area contributed by atoms with E-state index in [4.69, 9.17) is 9.47 Å². The molecule has 8 heteroatoms. The minimum Gasteiger partial charge on any atom is -0.469 e. The maximum atomic E-state index is 12.1. The number of unbranched alkanes of at least 4 members (excludes halogenated alkanes) is 2. The second-order valence-electron chi connectivity index (χ2n) is 8.74. The Labute approximate surface area is 218 Å². The highest BCUT2D eigenvalue weighted by Gasteiger charge is 2.27. The summed E-state index contributed by atoms with van der Waals surface area (Å²) in [5.41, 5.74) is 1.29. The van der Waals surface area contributed by atoms with E-state index >= 15 is 0 Å². The fraction of sp³-hybridized carbons (Fsp3) is 0.536. The number of methoxy groups -OCH3 is 2. The molecule has 198 valence electrons. The number of thioether (sulfide) groups is 1. The van der Waals surface area contributed by atoms with Gasteiger partial charge in [-0.2, -0.15) is 0 Å². The number of allylic oxidation sites excluding steroid dienone is 3. The summed E-state index contributed by atoms with van der Waals surface area (Å²) in [6, 6.07) is 7.05. The van der Waals surface area contributed by atoms with E-state index in [-0.39, 0.29) is 17.9 Å². The molecule has 0 saturated carbocycles. The summed E-state index contributed by atoms with van der Waals surface area (Å²) in [5, 5.41) is 10.6. The Morgan fingerprint density at radius 2 is 1.92 bits per heavy atom. The molecule has 0 saturated heterocycles. The molecule has 1 aliphatic rings. The highest BCUT2D eigenvalue weighted by molar-refractivity contribution is 8.03. The Bertz CT molecular complexity index is 938. The van der Waals surface area contributed by atoms with Gasteiger partial charge in [-0.25, -0.2) is 4.79 Å². The lowest BCUT2D eigenvalue weighted by molar-refractivity contribution is -0.141. The average Bonchev–Trinajstić information content (AvgIpc) is 3.25. The molecule has 2 rings (SSSR count). The van der Waals surface area contributed by atoms with Crippen molar-refractivity contribution in [3.63, 3.8) is 0 Å². The van der Waals surface area contributed by atoms with Gasteiger partial charge in [0.25, 0.3) is 0 Å². The zero-order valence-electron chi connectivity index (χ0n) is 21.5. The quantitative estimate of drug-likeness (QED) is 0.143. The second kappa shape index (κ2) is 16.2. The van der Waals surface area contributed by atoms with Crippen LogP contribution in [0.15, 0.2) is 47.1 Å². The van der Waals surface area contributed by atoms with Crippen LogP contribution in [0.1, 0.15) is 74.2 Å². The van der Waals surface area contributed by atoms with Gasteiger partial charge >= 0.3 is 17.9 Å². The molecule has 36 heavy (non-hydrogen) atoms. The summed E-state index contributed by atoms with van der Waals surface area (Å²) in [7, 11) is 2.74. The molecule has 7 nitrogen and oxygen atoms in total. The SMILES string of the molecule is CCCC(=O)OC1=C(SCCCCCC(=O)OC)C(/C=C/C(O)Cc2cccc(C(=O)OC)c2)CC1. The number of esters is 3. The van der Waals surface area contributed by atoms with Crippen molar-refractivity contribution in [1.29, 1.82) is 0 Å². The van der Waals surface area contributed by atoms with Gasteiger partial charge in [-0.3, -0.25) is 9.59 Å². The minimum absolute atomic E-state index is 0.0746. The van der Waals surface area contributed by atoms with Gasteiger partial charge in [0, 0.05) is 36.5 Å². The van der Waals surface area contributed by atoms with Gasteiger partial charge in [0.2, 0.25) is 0 Å².